The van der Waals surface area contributed by atoms with E-state index in [0.29, 0.717) is 39.3 Å². The number of nitrogens with two attached hydrogens (primary N) is 3. The van der Waals surface area contributed by atoms with Gasteiger partial charge in [-0.3, -0.25) is 62.9 Å². The summed E-state index contributed by atoms with van der Waals surface area (Å²) in [4.78, 5) is 174. The van der Waals surface area contributed by atoms with Crippen LogP contribution in [-0.2, 0) is 76.8 Å². The normalized spacial score (nSPS) is 14.3. The first kappa shape index (κ1) is 89.6. The highest BCUT2D eigenvalue weighted by atomic mass is 28.4. The molecule has 592 valence electrons. The quantitative estimate of drug-likeness (QED) is 0.00987. The fraction of sp³-hybridized carbons (Fsp3) is 0.595. The largest absolute Gasteiger partial charge is 0.390 e. The van der Waals surface area contributed by atoms with E-state index < -0.39 is 163 Å². The summed E-state index contributed by atoms with van der Waals surface area (Å²) in [6.45, 7) is 23.2. The minimum absolute atomic E-state index is 0.0163. The Hall–Kier alpha value is -9.79. The lowest BCUT2D eigenvalue weighted by atomic mass is 9.96. The number of nitrogens with zero attached hydrogens (tertiary/aromatic N) is 2. The molecular formula is C74H117FN18O13Si. The summed E-state index contributed by atoms with van der Waals surface area (Å²) >= 11 is 0. The summed E-state index contributed by atoms with van der Waals surface area (Å²) in [6.07, 6.45) is 2.97. The van der Waals surface area contributed by atoms with E-state index in [-0.39, 0.29) is 102 Å². The number of guanidine groups is 1. The van der Waals surface area contributed by atoms with Gasteiger partial charge >= 0.3 is 0 Å². The minimum atomic E-state index is -3.56. The number of likely N-dealkylation sites (N-methyl/N-ethyl adjacent to an activating group) is 1. The number of carbonyl (C=O) groups excluding carboxylic acids is 12. The first-order valence-corrected chi connectivity index (χ1v) is 38.4. The van der Waals surface area contributed by atoms with Gasteiger partial charge in [0.15, 0.2) is 5.96 Å². The first-order chi connectivity index (χ1) is 50.0. The topological polar surface area (TPSA) is 495 Å². The highest BCUT2D eigenvalue weighted by Crippen LogP contribution is 2.51. The average molecular weight is 1510 g/mol. The molecule has 2 heterocycles. The number of hydrogen-bond donors (Lipinski definition) is 17. The molecule has 31 nitrogen and oxygen atoms in total. The smallest absolute Gasteiger partial charge is 0.288 e. The molecular weight excluding hydrogens is 1400 g/mol. The van der Waals surface area contributed by atoms with Crippen LogP contribution in [0.1, 0.15) is 171 Å². The number of rotatable bonds is 44. The molecule has 0 saturated heterocycles. The SMILES string of the molecule is CC(C)C[C@H](NC(=O)C[C@H](O)[C@H](CC(C)C)NC(=O)[C@H](Cc1c[nH]cn1)NC(=O)CN(C)C(=O)[C@@H](NC(=O)[C@H](C)NC(=O)[C@H](Cc1c[nH]c2ccccc12)NC(=O)[C@H](CCC(N)=O)NC(=O)CCCCNC(=O)[C@H](CCCNC(=N)N)NC(=O)Cc1ccc([Si](F)(C(C)(C)C)C(C)(C)C)cc1)C(C)C)C(N)=O. The van der Waals surface area contributed by atoms with E-state index in [1.165, 1.54) is 26.5 Å². The predicted octanol–water partition coefficient (Wildman–Crippen LogP) is 1.80. The monoisotopic (exact) mass is 1510 g/mol. The highest BCUT2D eigenvalue weighted by Gasteiger charge is 2.56. The molecule has 0 aliphatic carbocycles. The molecule has 0 unspecified atom stereocenters. The van der Waals surface area contributed by atoms with Crippen LogP contribution in [0.2, 0.25) is 10.1 Å². The molecule has 4 rings (SSSR count). The van der Waals surface area contributed by atoms with Crippen LogP contribution in [-0.4, -0.2) is 191 Å². The Labute approximate surface area is 627 Å². The highest BCUT2D eigenvalue weighted by molar-refractivity contribution is 6.90. The Morgan fingerprint density at radius 3 is 1.78 bits per heavy atom. The number of aromatic nitrogens is 3. The van der Waals surface area contributed by atoms with E-state index in [9.17, 15) is 62.6 Å². The zero-order valence-corrected chi connectivity index (χ0v) is 65.4. The maximum Gasteiger partial charge on any atom is 0.288 e. The molecule has 0 fully saturated rings. The third kappa shape index (κ3) is 29.1. The molecule has 12 amide bonds. The van der Waals surface area contributed by atoms with E-state index in [4.69, 9.17) is 22.6 Å². The van der Waals surface area contributed by atoms with E-state index in [0.717, 1.165) is 4.90 Å². The fourth-order valence-corrected chi connectivity index (χ4v) is 17.4. The maximum absolute atomic E-state index is 17.0. The Morgan fingerprint density at radius 2 is 1.19 bits per heavy atom. The Kier molecular flexibility index (Phi) is 35.1. The summed E-state index contributed by atoms with van der Waals surface area (Å²) < 4.78 is 17.0. The van der Waals surface area contributed by atoms with Crippen molar-refractivity contribution in [2.75, 3.05) is 26.7 Å². The number of benzene rings is 2. The number of hydrogen-bond acceptors (Lipinski definition) is 15. The first-order valence-electron chi connectivity index (χ1n) is 36.6. The standard InChI is InChI=1S/C74H117FN18O13Si/c1-42(2)32-54(58(94)37-62(98)88-55(65(77)100)33-43(3)4)90-70(105)57(36-48-39-80-41-84-48)89-63(99)40-93(14)71(106)64(44(5)6)92-66(101)45(7)85-69(104)56(35-47-38-83-51-21-16-15-20-50(47)51)91-68(103)53(28-29-59(76)95)86-60(96)23-17-18-30-81-67(102)52(22-19-31-82-72(78)79)87-61(97)34-46-24-26-49(27-25-46)107(75,73(8,9)10)74(11,12)13/h15-16,20-21,24-27,38-39,41-45,52-58,64,83,94H,17-19,22-23,28-37,40H2,1-14H3,(H2,76,95)(H2,77,100)(H,80,84)(H,81,102)(H,85,104)(H,86,96)(H,87,97)(H,88,98)(H,89,99)(H,90,105)(H,91,103)(H,92,101)(H4,78,79,82)/t45-,52-,53-,54-,55-,56-,57-,58-,64-/m0/s1. The van der Waals surface area contributed by atoms with Crippen LogP contribution in [0, 0.1) is 23.2 Å². The van der Waals surface area contributed by atoms with Gasteiger partial charge in [-0.05, 0) is 102 Å². The van der Waals surface area contributed by atoms with E-state index >= 15 is 4.11 Å². The van der Waals surface area contributed by atoms with Gasteiger partial charge in [-0.25, -0.2) is 4.98 Å². The summed E-state index contributed by atoms with van der Waals surface area (Å²) in [5.41, 5.74) is 18.8. The number of aromatic amines is 2. The van der Waals surface area contributed by atoms with Gasteiger partial charge in [0.25, 0.3) is 8.41 Å². The Balaban J connectivity index is 1.43. The third-order valence-corrected chi connectivity index (χ3v) is 23.5. The zero-order valence-electron chi connectivity index (χ0n) is 64.4. The van der Waals surface area contributed by atoms with E-state index in [2.05, 4.69) is 68.1 Å². The Bertz CT molecular complexity index is 3660. The van der Waals surface area contributed by atoms with Crippen LogP contribution < -0.4 is 75.6 Å². The number of H-pyrrole nitrogens is 2. The number of para-hydroxylation sites is 1. The molecule has 0 aliphatic heterocycles. The molecule has 0 radical (unpaired) electrons. The molecule has 0 saturated carbocycles. The van der Waals surface area contributed by atoms with Crippen molar-refractivity contribution in [2.45, 2.75) is 238 Å². The lowest BCUT2D eigenvalue weighted by molar-refractivity contribution is -0.140. The molecule has 33 heteroatoms. The van der Waals surface area contributed by atoms with Gasteiger partial charge in [0.2, 0.25) is 70.9 Å². The van der Waals surface area contributed by atoms with Crippen molar-refractivity contribution in [3.8, 4) is 0 Å². The van der Waals surface area contributed by atoms with Crippen LogP contribution in [0.15, 0.2) is 67.3 Å². The van der Waals surface area contributed by atoms with Crippen LogP contribution >= 0.6 is 0 Å². The van der Waals surface area contributed by atoms with Crippen molar-refractivity contribution < 1.29 is 66.7 Å². The maximum atomic E-state index is 17.0. The molecule has 0 spiro atoms. The van der Waals surface area contributed by atoms with Crippen molar-refractivity contribution >= 4 is 101 Å². The zero-order chi connectivity index (χ0) is 80.3. The molecule has 4 aromatic rings. The number of aliphatic hydroxyl groups excluding tert-OH is 1. The molecule has 107 heavy (non-hydrogen) atoms. The van der Waals surface area contributed by atoms with Crippen LogP contribution in [0.25, 0.3) is 10.9 Å². The second kappa shape index (κ2) is 41.9. The van der Waals surface area contributed by atoms with Crippen molar-refractivity contribution in [2.24, 2.45) is 35.0 Å². The number of halogens is 1. The van der Waals surface area contributed by atoms with Gasteiger partial charge in [0, 0.05) is 69.1 Å². The Morgan fingerprint density at radius 1 is 0.607 bits per heavy atom. The lowest BCUT2D eigenvalue weighted by Gasteiger charge is -2.44. The van der Waals surface area contributed by atoms with Gasteiger partial charge in [0.1, 0.15) is 42.3 Å². The van der Waals surface area contributed by atoms with Gasteiger partial charge < -0.3 is 94.5 Å². The summed E-state index contributed by atoms with van der Waals surface area (Å²) in [7, 11) is -2.24. The van der Waals surface area contributed by atoms with Crippen LogP contribution in [0.5, 0.6) is 0 Å². The fourth-order valence-electron chi connectivity index (χ4n) is 12.8. The third-order valence-electron chi connectivity index (χ3n) is 18.3. The molecule has 2 aromatic heterocycles. The number of fused-ring (bicyclic) bond motifs is 1. The van der Waals surface area contributed by atoms with Crippen LogP contribution in [0.4, 0.5) is 4.11 Å². The number of amides is 12. The number of primary amides is 2. The van der Waals surface area contributed by atoms with Crippen molar-refractivity contribution in [3.63, 3.8) is 0 Å². The number of unbranched alkanes of at least 4 members (excludes halogenated alkanes) is 1. The minimum Gasteiger partial charge on any atom is -0.390 e. The number of nitrogens with one attached hydrogen (secondary N) is 13. The molecule has 0 bridgehead atoms. The van der Waals surface area contributed by atoms with Crippen molar-refractivity contribution in [1.82, 2.24) is 73.0 Å². The molecule has 20 N–H and O–H groups in total. The lowest BCUT2D eigenvalue weighted by Crippen LogP contribution is -2.59. The summed E-state index contributed by atoms with van der Waals surface area (Å²) in [6, 6.07) is 4.37. The summed E-state index contributed by atoms with van der Waals surface area (Å²) in [5.74, 6) is -9.49. The van der Waals surface area contributed by atoms with E-state index in [1.807, 2.05) is 69.2 Å². The average Bonchev–Trinajstić information content (AvgIpc) is 1.35. The van der Waals surface area contributed by atoms with Crippen molar-refractivity contribution in [3.05, 3.63) is 84.1 Å². The number of carbonyl (C=O) groups is 12. The second-order valence-electron chi connectivity index (χ2n) is 30.8. The summed E-state index contributed by atoms with van der Waals surface area (Å²) in [5, 5.41) is 45.9. The number of imidazole rings is 1. The van der Waals surface area contributed by atoms with Gasteiger partial charge in [0.05, 0.1) is 43.6 Å². The van der Waals surface area contributed by atoms with Crippen molar-refractivity contribution in [1.29, 1.82) is 5.41 Å². The number of aliphatic hydroxyl groups is 1. The van der Waals surface area contributed by atoms with Crippen LogP contribution in [0.3, 0.4) is 0 Å². The van der Waals surface area contributed by atoms with Gasteiger partial charge in [-0.15, -0.1) is 0 Å². The van der Waals surface area contributed by atoms with Gasteiger partial charge in [-0.1, -0.05) is 126 Å². The molecule has 9 atom stereocenters. The predicted molar refractivity (Wildman–Crippen MR) is 407 cm³/mol. The van der Waals surface area contributed by atoms with E-state index in [1.54, 1.807) is 68.6 Å². The molecule has 0 aliphatic rings. The second-order valence-corrected chi connectivity index (χ2v) is 35.7. The molecule has 2 aromatic carbocycles. The van der Waals surface area contributed by atoms with Gasteiger partial charge in [-0.2, -0.15) is 0 Å².